The van der Waals surface area contributed by atoms with Crippen LogP contribution in [0.1, 0.15) is 37.0 Å². The lowest BCUT2D eigenvalue weighted by atomic mass is 9.73. The average molecular weight is 365 g/mol. The van der Waals surface area contributed by atoms with Gasteiger partial charge >= 0.3 is 0 Å². The van der Waals surface area contributed by atoms with E-state index in [0.29, 0.717) is 5.92 Å². The molecule has 2 bridgehead atoms. The van der Waals surface area contributed by atoms with Crippen LogP contribution in [-0.4, -0.2) is 53.1 Å². The van der Waals surface area contributed by atoms with Crippen molar-refractivity contribution in [2.45, 2.75) is 50.3 Å². The first kappa shape index (κ1) is 16.1. The van der Waals surface area contributed by atoms with Crippen LogP contribution < -0.4 is 4.74 Å². The van der Waals surface area contributed by atoms with Gasteiger partial charge in [-0.25, -0.2) is 4.98 Å². The second-order valence-electron chi connectivity index (χ2n) is 8.99. The lowest BCUT2D eigenvalue weighted by Crippen LogP contribution is -2.61. The Bertz CT molecular complexity index is 866. The van der Waals surface area contributed by atoms with E-state index in [-0.39, 0.29) is 5.60 Å². The fourth-order valence-electron chi connectivity index (χ4n) is 5.35. The lowest BCUT2D eigenvalue weighted by molar-refractivity contribution is -0.0814. The van der Waals surface area contributed by atoms with Crippen molar-refractivity contribution in [1.82, 2.24) is 14.8 Å². The number of fused-ring (bicyclic) bond motifs is 3. The zero-order valence-corrected chi connectivity index (χ0v) is 16.0. The number of nitrogens with zero attached hydrogens (tertiary/aromatic N) is 3. The quantitative estimate of drug-likeness (QED) is 0.831. The summed E-state index contributed by atoms with van der Waals surface area (Å²) in [5.74, 6) is 3.46. The molecular weight excluding hydrogens is 338 g/mol. The molecule has 5 heteroatoms. The minimum absolute atomic E-state index is 0.0360. The van der Waals surface area contributed by atoms with E-state index in [1.165, 1.54) is 44.3 Å². The van der Waals surface area contributed by atoms with Gasteiger partial charge in [-0.05, 0) is 64.0 Å². The zero-order chi connectivity index (χ0) is 18.0. The number of hydrogen-bond acceptors (Lipinski definition) is 5. The number of aromatic nitrogens is 1. The highest BCUT2D eigenvalue weighted by molar-refractivity contribution is 5.59. The normalized spacial score (nSPS) is 31.5. The third kappa shape index (κ3) is 2.71. The maximum Gasteiger partial charge on any atom is 0.217 e. The van der Waals surface area contributed by atoms with E-state index >= 15 is 0 Å². The van der Waals surface area contributed by atoms with Gasteiger partial charge in [-0.3, -0.25) is 9.80 Å². The Labute approximate surface area is 160 Å². The molecule has 4 aliphatic heterocycles. The molecule has 0 N–H and O–H groups in total. The minimum Gasteiger partial charge on any atom is -0.469 e. The van der Waals surface area contributed by atoms with Gasteiger partial charge in [-0.15, -0.1) is 0 Å². The monoisotopic (exact) mass is 365 g/mol. The third-order valence-electron chi connectivity index (χ3n) is 7.06. The standard InChI is InChI=1S/C22H27N3O2/c1-24(18-2-3-18)13-19-4-5-20(26-19)16-10-15-11-22(27-21(15)23-12-16)14-25-8-6-17(22)7-9-25/h4-5,10,12,17-18H,2-3,6-9,11,13-14H2,1H3/t22-/m0/s1. The molecule has 0 unspecified atom stereocenters. The van der Waals surface area contributed by atoms with Crippen molar-refractivity contribution in [2.24, 2.45) is 5.92 Å². The second-order valence-corrected chi connectivity index (χ2v) is 8.99. The molecule has 2 aromatic rings. The maximum absolute atomic E-state index is 6.46. The van der Waals surface area contributed by atoms with Crippen LogP contribution in [0.5, 0.6) is 5.88 Å². The van der Waals surface area contributed by atoms with Crippen LogP contribution >= 0.6 is 0 Å². The van der Waals surface area contributed by atoms with Gasteiger partial charge in [0.05, 0.1) is 6.54 Å². The molecule has 4 fully saturated rings. The number of piperidine rings is 3. The molecule has 1 saturated carbocycles. The van der Waals surface area contributed by atoms with Gasteiger partial charge in [0.25, 0.3) is 0 Å². The lowest BCUT2D eigenvalue weighted by Gasteiger charge is -2.50. The van der Waals surface area contributed by atoms with Crippen LogP contribution in [0, 0.1) is 5.92 Å². The minimum atomic E-state index is -0.0360. The van der Waals surface area contributed by atoms with Crippen molar-refractivity contribution in [3.05, 3.63) is 35.7 Å². The summed E-state index contributed by atoms with van der Waals surface area (Å²) in [6, 6.07) is 7.17. The summed E-state index contributed by atoms with van der Waals surface area (Å²) in [6.07, 6.45) is 8.06. The van der Waals surface area contributed by atoms with Crippen molar-refractivity contribution in [2.75, 3.05) is 26.7 Å². The summed E-state index contributed by atoms with van der Waals surface area (Å²) in [5.41, 5.74) is 2.27. The van der Waals surface area contributed by atoms with Crippen LogP contribution in [-0.2, 0) is 13.0 Å². The van der Waals surface area contributed by atoms with Gasteiger partial charge < -0.3 is 9.15 Å². The average Bonchev–Trinajstić information content (AvgIpc) is 3.34. The van der Waals surface area contributed by atoms with Crippen LogP contribution in [0.15, 0.2) is 28.8 Å². The highest BCUT2D eigenvalue weighted by Gasteiger charge is 2.52. The summed E-state index contributed by atoms with van der Waals surface area (Å²) in [4.78, 5) is 9.61. The molecule has 1 spiro atoms. The van der Waals surface area contributed by atoms with E-state index in [2.05, 4.69) is 40.0 Å². The Balaban J connectivity index is 1.23. The molecule has 0 radical (unpaired) electrons. The van der Waals surface area contributed by atoms with Gasteiger partial charge in [-0.2, -0.15) is 0 Å². The predicted octanol–water partition coefficient (Wildman–Crippen LogP) is 3.34. The Morgan fingerprint density at radius 1 is 1.22 bits per heavy atom. The molecule has 0 amide bonds. The summed E-state index contributed by atoms with van der Waals surface area (Å²) >= 11 is 0. The van der Waals surface area contributed by atoms with Crippen molar-refractivity contribution >= 4 is 0 Å². The van der Waals surface area contributed by atoms with Gasteiger partial charge in [-0.1, -0.05) is 0 Å². The van der Waals surface area contributed by atoms with Crippen LogP contribution in [0.2, 0.25) is 0 Å². The fourth-order valence-corrected chi connectivity index (χ4v) is 5.35. The van der Waals surface area contributed by atoms with E-state index in [4.69, 9.17) is 9.15 Å². The number of pyridine rings is 1. The van der Waals surface area contributed by atoms with Crippen LogP contribution in [0.4, 0.5) is 0 Å². The molecule has 3 saturated heterocycles. The van der Waals surface area contributed by atoms with E-state index < -0.39 is 0 Å². The van der Waals surface area contributed by atoms with Gasteiger partial charge in [0.1, 0.15) is 17.1 Å². The second kappa shape index (κ2) is 5.82. The van der Waals surface area contributed by atoms with E-state index in [1.54, 1.807) is 0 Å². The Morgan fingerprint density at radius 3 is 2.81 bits per heavy atom. The van der Waals surface area contributed by atoms with Gasteiger partial charge in [0.15, 0.2) is 0 Å². The molecule has 27 heavy (non-hydrogen) atoms. The maximum atomic E-state index is 6.46. The Morgan fingerprint density at radius 2 is 2.07 bits per heavy atom. The highest BCUT2D eigenvalue weighted by atomic mass is 16.5. The Hall–Kier alpha value is -1.85. The molecule has 5 nitrogen and oxygen atoms in total. The molecule has 142 valence electrons. The van der Waals surface area contributed by atoms with E-state index in [0.717, 1.165) is 48.5 Å². The van der Waals surface area contributed by atoms with Gasteiger partial charge in [0.2, 0.25) is 5.88 Å². The summed E-state index contributed by atoms with van der Waals surface area (Å²) in [7, 11) is 2.18. The zero-order valence-electron chi connectivity index (χ0n) is 16.0. The van der Waals surface area contributed by atoms with Gasteiger partial charge in [0, 0.05) is 42.2 Å². The van der Waals surface area contributed by atoms with Crippen molar-refractivity contribution in [1.29, 1.82) is 0 Å². The number of hydrogen-bond donors (Lipinski definition) is 0. The first-order valence-electron chi connectivity index (χ1n) is 10.4. The molecule has 1 atom stereocenters. The number of rotatable bonds is 4. The molecule has 7 rings (SSSR count). The predicted molar refractivity (Wildman–Crippen MR) is 103 cm³/mol. The van der Waals surface area contributed by atoms with E-state index in [9.17, 15) is 0 Å². The first-order chi connectivity index (χ1) is 13.2. The fraction of sp³-hybridized carbons (Fsp3) is 0.591. The van der Waals surface area contributed by atoms with Crippen molar-refractivity contribution in [3.63, 3.8) is 0 Å². The molecule has 5 aliphatic rings. The summed E-state index contributed by atoms with van der Waals surface area (Å²) < 4.78 is 12.6. The summed E-state index contributed by atoms with van der Waals surface area (Å²) in [6.45, 7) is 4.40. The number of furan rings is 1. The van der Waals surface area contributed by atoms with Crippen molar-refractivity contribution in [3.8, 4) is 17.2 Å². The topological polar surface area (TPSA) is 41.7 Å². The molecule has 1 aliphatic carbocycles. The molecule has 0 aromatic carbocycles. The third-order valence-corrected chi connectivity index (χ3v) is 7.06. The van der Waals surface area contributed by atoms with Crippen LogP contribution in [0.3, 0.4) is 0 Å². The van der Waals surface area contributed by atoms with Crippen molar-refractivity contribution < 1.29 is 9.15 Å². The molecular formula is C22H27N3O2. The SMILES string of the molecule is CN(Cc1ccc(-c2cnc3c(c2)C[C@@]2(CN4CCC2CC4)O3)o1)C1CC1. The molecule has 6 heterocycles. The van der Waals surface area contributed by atoms with Crippen LogP contribution in [0.25, 0.3) is 11.3 Å². The summed E-state index contributed by atoms with van der Waals surface area (Å²) in [5, 5.41) is 0. The Kier molecular flexibility index (Phi) is 3.48. The van der Waals surface area contributed by atoms with E-state index in [1.807, 2.05) is 6.20 Å². The highest BCUT2D eigenvalue weighted by Crippen LogP contribution is 2.46. The first-order valence-corrected chi connectivity index (χ1v) is 10.4. The number of ether oxygens (including phenoxy) is 1. The smallest absolute Gasteiger partial charge is 0.217 e. The largest absolute Gasteiger partial charge is 0.469 e. The molecule has 2 aromatic heterocycles.